The number of carbonyl (C=O) groups excluding carboxylic acids is 2. The Bertz CT molecular complexity index is 279. The molecule has 1 aliphatic rings. The van der Waals surface area contributed by atoms with Crippen LogP contribution in [0.1, 0.15) is 27.2 Å². The van der Waals surface area contributed by atoms with Gasteiger partial charge in [-0.25, -0.2) is 4.39 Å². The fraction of sp³-hybridized carbons (Fsp3) is 0.800. The lowest BCUT2D eigenvalue weighted by atomic mass is 9.96. The molecule has 0 aromatic carbocycles. The second kappa shape index (κ2) is 4.16. The zero-order valence-electron chi connectivity index (χ0n) is 9.34. The number of nitrogens with zero attached hydrogens (tertiary/aromatic N) is 1. The molecule has 4 nitrogen and oxygen atoms in total. The summed E-state index contributed by atoms with van der Waals surface area (Å²) >= 11 is 0. The predicted molar refractivity (Wildman–Crippen MR) is 54.0 cm³/mol. The van der Waals surface area contributed by atoms with Crippen molar-refractivity contribution in [2.45, 2.75) is 38.8 Å². The highest BCUT2D eigenvalue weighted by Gasteiger charge is 2.44. The molecule has 2 amide bonds. The summed E-state index contributed by atoms with van der Waals surface area (Å²) in [7, 11) is 0. The molecule has 86 valence electrons. The van der Waals surface area contributed by atoms with Crippen LogP contribution in [0.5, 0.6) is 0 Å². The molecule has 0 aromatic heterocycles. The number of amides is 2. The highest BCUT2D eigenvalue weighted by molar-refractivity contribution is 5.99. The van der Waals surface area contributed by atoms with Gasteiger partial charge in [0.25, 0.3) is 0 Å². The van der Waals surface area contributed by atoms with Crippen LogP contribution in [0.4, 0.5) is 4.39 Å². The summed E-state index contributed by atoms with van der Waals surface area (Å²) in [5.74, 6) is -0.415. The number of nitrogens with one attached hydrogen (secondary N) is 1. The third-order valence-corrected chi connectivity index (χ3v) is 2.62. The van der Waals surface area contributed by atoms with Gasteiger partial charge in [0.05, 0.1) is 0 Å². The quantitative estimate of drug-likeness (QED) is 0.745. The van der Waals surface area contributed by atoms with E-state index in [-0.39, 0.29) is 18.4 Å². The molecule has 1 aliphatic heterocycles. The van der Waals surface area contributed by atoms with Crippen LogP contribution >= 0.6 is 0 Å². The van der Waals surface area contributed by atoms with Crippen LogP contribution in [0, 0.1) is 0 Å². The number of halogens is 1. The van der Waals surface area contributed by atoms with Crippen molar-refractivity contribution in [1.82, 2.24) is 10.2 Å². The molecule has 0 spiro atoms. The fourth-order valence-corrected chi connectivity index (χ4v) is 1.84. The normalized spacial score (nSPS) is 25.3. The number of carbonyl (C=O) groups is 2. The van der Waals surface area contributed by atoms with Gasteiger partial charge in [0, 0.05) is 6.54 Å². The fourth-order valence-electron chi connectivity index (χ4n) is 1.84. The van der Waals surface area contributed by atoms with Gasteiger partial charge in [0.2, 0.25) is 11.8 Å². The number of piperazine rings is 1. The Labute approximate surface area is 88.8 Å². The van der Waals surface area contributed by atoms with Gasteiger partial charge in [0.1, 0.15) is 18.3 Å². The number of alkyl halides is 1. The number of hydrogen-bond acceptors (Lipinski definition) is 2. The van der Waals surface area contributed by atoms with Crippen LogP contribution in [-0.2, 0) is 9.59 Å². The van der Waals surface area contributed by atoms with Crippen LogP contribution in [0.25, 0.3) is 0 Å². The third kappa shape index (κ3) is 2.11. The van der Waals surface area contributed by atoms with E-state index in [0.717, 1.165) is 0 Å². The summed E-state index contributed by atoms with van der Waals surface area (Å²) in [6, 6.07) is -0.527. The summed E-state index contributed by atoms with van der Waals surface area (Å²) in [4.78, 5) is 24.9. The summed E-state index contributed by atoms with van der Waals surface area (Å²) in [5.41, 5.74) is -0.919. The second-order valence-electron chi connectivity index (χ2n) is 4.23. The Hall–Kier alpha value is -1.13. The van der Waals surface area contributed by atoms with Gasteiger partial charge >= 0.3 is 0 Å². The van der Waals surface area contributed by atoms with Gasteiger partial charge in [-0.2, -0.15) is 0 Å². The highest BCUT2D eigenvalue weighted by atomic mass is 19.1. The van der Waals surface area contributed by atoms with E-state index in [9.17, 15) is 14.0 Å². The van der Waals surface area contributed by atoms with Crippen molar-refractivity contribution < 1.29 is 14.0 Å². The van der Waals surface area contributed by atoms with E-state index < -0.39 is 18.3 Å². The summed E-state index contributed by atoms with van der Waals surface area (Å²) in [5, 5.41) is 2.64. The minimum absolute atomic E-state index is 0.00576. The first-order valence-corrected chi connectivity index (χ1v) is 5.13. The lowest BCUT2D eigenvalue weighted by Crippen LogP contribution is -2.68. The average Bonchev–Trinajstić information content (AvgIpc) is 2.14. The lowest BCUT2D eigenvalue weighted by molar-refractivity contribution is -0.153. The first kappa shape index (κ1) is 11.9. The zero-order valence-corrected chi connectivity index (χ0v) is 9.34. The maximum absolute atomic E-state index is 12.3. The van der Waals surface area contributed by atoms with Crippen molar-refractivity contribution in [3.8, 4) is 0 Å². The number of rotatable bonds is 3. The van der Waals surface area contributed by atoms with Gasteiger partial charge in [-0.1, -0.05) is 6.92 Å². The van der Waals surface area contributed by atoms with E-state index in [4.69, 9.17) is 0 Å². The van der Waals surface area contributed by atoms with Crippen molar-refractivity contribution in [3.63, 3.8) is 0 Å². The van der Waals surface area contributed by atoms with Crippen LogP contribution in [0.3, 0.4) is 0 Å². The molecular weight excluding hydrogens is 199 g/mol. The van der Waals surface area contributed by atoms with Gasteiger partial charge in [-0.3, -0.25) is 9.59 Å². The molecule has 1 fully saturated rings. The third-order valence-electron chi connectivity index (χ3n) is 2.62. The molecule has 1 heterocycles. The van der Waals surface area contributed by atoms with Crippen molar-refractivity contribution in [2.24, 2.45) is 0 Å². The van der Waals surface area contributed by atoms with Gasteiger partial charge in [0.15, 0.2) is 0 Å². The largest absolute Gasteiger partial charge is 0.340 e. The second-order valence-corrected chi connectivity index (χ2v) is 4.23. The predicted octanol–water partition coefficient (Wildman–Crippen LogP) is 0.472. The smallest absolute Gasteiger partial charge is 0.248 e. The maximum Gasteiger partial charge on any atom is 0.248 e. The van der Waals surface area contributed by atoms with Gasteiger partial charge in [-0.05, 0) is 20.3 Å². The van der Waals surface area contributed by atoms with Crippen molar-refractivity contribution in [1.29, 1.82) is 0 Å². The van der Waals surface area contributed by atoms with E-state index in [1.54, 1.807) is 20.8 Å². The van der Waals surface area contributed by atoms with E-state index in [1.165, 1.54) is 4.90 Å². The minimum atomic E-state index is -0.919. The molecule has 0 bridgehead atoms. The Balaban J connectivity index is 2.94. The lowest BCUT2D eigenvalue weighted by Gasteiger charge is -2.42. The average molecular weight is 216 g/mol. The molecule has 1 rings (SSSR count). The topological polar surface area (TPSA) is 49.4 Å². The van der Waals surface area contributed by atoms with E-state index in [2.05, 4.69) is 5.32 Å². The Morgan fingerprint density at radius 2 is 2.07 bits per heavy atom. The van der Waals surface area contributed by atoms with Crippen LogP contribution in [0.2, 0.25) is 0 Å². The van der Waals surface area contributed by atoms with Crippen molar-refractivity contribution >= 4 is 11.8 Å². The molecule has 1 unspecified atom stereocenters. The molecule has 1 N–H and O–H groups in total. The molecule has 0 aromatic rings. The van der Waals surface area contributed by atoms with Crippen LogP contribution < -0.4 is 5.32 Å². The Kier molecular flexibility index (Phi) is 3.31. The van der Waals surface area contributed by atoms with E-state index >= 15 is 0 Å². The first-order chi connectivity index (χ1) is 6.94. The standard InChI is InChI=1S/C10H17FN2O2/c1-4-7-8(14)12-10(2,3)9(15)13(7)6-5-11/h7H,4-6H2,1-3H3,(H,12,14). The van der Waals surface area contributed by atoms with Crippen molar-refractivity contribution in [3.05, 3.63) is 0 Å². The van der Waals surface area contributed by atoms with Crippen LogP contribution in [-0.4, -0.2) is 41.5 Å². The van der Waals surface area contributed by atoms with Crippen LogP contribution in [0.15, 0.2) is 0 Å². The van der Waals surface area contributed by atoms with Gasteiger partial charge in [-0.15, -0.1) is 0 Å². The monoisotopic (exact) mass is 216 g/mol. The summed E-state index contributed by atoms with van der Waals surface area (Å²) < 4.78 is 12.3. The SMILES string of the molecule is CCC1C(=O)NC(C)(C)C(=O)N1CCF. The molecule has 1 atom stereocenters. The first-order valence-electron chi connectivity index (χ1n) is 5.13. The van der Waals surface area contributed by atoms with Gasteiger partial charge < -0.3 is 10.2 Å². The zero-order chi connectivity index (χ0) is 11.6. The molecule has 0 radical (unpaired) electrons. The molecule has 0 aliphatic carbocycles. The number of hydrogen-bond donors (Lipinski definition) is 1. The van der Waals surface area contributed by atoms with E-state index in [1.807, 2.05) is 0 Å². The summed E-state index contributed by atoms with van der Waals surface area (Å²) in [6.07, 6.45) is 0.508. The molecular formula is C10H17FN2O2. The molecule has 5 heteroatoms. The maximum atomic E-state index is 12.3. The molecule has 1 saturated heterocycles. The van der Waals surface area contributed by atoms with Crippen molar-refractivity contribution in [2.75, 3.05) is 13.2 Å². The molecule has 0 saturated carbocycles. The molecule has 15 heavy (non-hydrogen) atoms. The summed E-state index contributed by atoms with van der Waals surface area (Å²) in [6.45, 7) is 4.44. The Morgan fingerprint density at radius 3 is 2.53 bits per heavy atom. The Morgan fingerprint density at radius 1 is 1.47 bits per heavy atom. The minimum Gasteiger partial charge on any atom is -0.340 e. The van der Waals surface area contributed by atoms with E-state index in [0.29, 0.717) is 6.42 Å². The highest BCUT2D eigenvalue weighted by Crippen LogP contribution is 2.19.